The molecule has 0 aliphatic carbocycles. The van der Waals surface area contributed by atoms with E-state index < -0.39 is 11.9 Å². The molecule has 2 heterocycles. The standard InChI is InChI=1S/C23H29N3O3/c1-3-14-5-7-16(8-6-14)21-20-18(23(27)28)13-19(24-22(20)26-25-21)15-9-11-17(12-10-15)29-4-2/h5-12,18-22,24-26H,3-4,13H2,1-2H3,(H,27,28). The van der Waals surface area contributed by atoms with Gasteiger partial charge in [0.2, 0.25) is 0 Å². The summed E-state index contributed by atoms with van der Waals surface area (Å²) < 4.78 is 5.52. The van der Waals surface area contributed by atoms with Gasteiger partial charge >= 0.3 is 5.97 Å². The molecule has 2 aliphatic heterocycles. The van der Waals surface area contributed by atoms with Crippen molar-refractivity contribution < 1.29 is 14.6 Å². The van der Waals surface area contributed by atoms with Crippen LogP contribution in [0.5, 0.6) is 5.75 Å². The van der Waals surface area contributed by atoms with Gasteiger partial charge in [-0.15, -0.1) is 0 Å². The van der Waals surface area contributed by atoms with Crippen LogP contribution >= 0.6 is 0 Å². The lowest BCUT2D eigenvalue weighted by molar-refractivity contribution is -0.146. The van der Waals surface area contributed by atoms with E-state index in [2.05, 4.69) is 47.4 Å². The molecule has 2 aromatic rings. The zero-order valence-electron chi connectivity index (χ0n) is 16.9. The van der Waals surface area contributed by atoms with Gasteiger partial charge in [-0.1, -0.05) is 43.3 Å². The first-order chi connectivity index (χ1) is 14.1. The van der Waals surface area contributed by atoms with Crippen LogP contribution in [0.1, 0.15) is 49.0 Å². The van der Waals surface area contributed by atoms with Crippen molar-refractivity contribution >= 4 is 5.97 Å². The number of aryl methyl sites for hydroxylation is 1. The van der Waals surface area contributed by atoms with Crippen molar-refractivity contribution in [3.05, 3.63) is 65.2 Å². The molecule has 0 aromatic heterocycles. The molecule has 2 aliphatic rings. The van der Waals surface area contributed by atoms with E-state index in [-0.39, 0.29) is 24.2 Å². The molecule has 2 saturated heterocycles. The molecule has 6 nitrogen and oxygen atoms in total. The van der Waals surface area contributed by atoms with E-state index in [1.165, 1.54) is 5.56 Å². The van der Waals surface area contributed by atoms with Gasteiger partial charge in [-0.3, -0.25) is 10.1 Å². The monoisotopic (exact) mass is 395 g/mol. The number of nitrogens with one attached hydrogen (secondary N) is 3. The molecular weight excluding hydrogens is 366 g/mol. The summed E-state index contributed by atoms with van der Waals surface area (Å²) in [6, 6.07) is 16.3. The van der Waals surface area contributed by atoms with Crippen LogP contribution in [0, 0.1) is 11.8 Å². The molecule has 2 fully saturated rings. The van der Waals surface area contributed by atoms with E-state index >= 15 is 0 Å². The molecule has 154 valence electrons. The highest BCUT2D eigenvalue weighted by Gasteiger charge is 2.49. The second kappa shape index (κ2) is 8.53. The van der Waals surface area contributed by atoms with Crippen molar-refractivity contribution in [2.75, 3.05) is 6.61 Å². The second-order valence-electron chi connectivity index (χ2n) is 7.82. The van der Waals surface area contributed by atoms with Gasteiger partial charge in [0.05, 0.1) is 24.7 Å². The average Bonchev–Trinajstić information content (AvgIpc) is 3.18. The summed E-state index contributed by atoms with van der Waals surface area (Å²) in [5, 5.41) is 13.6. The molecule has 0 radical (unpaired) electrons. The number of hydrogen-bond donors (Lipinski definition) is 4. The number of carboxylic acid groups (broad SMARTS) is 1. The van der Waals surface area contributed by atoms with E-state index in [9.17, 15) is 9.90 Å². The third-order valence-electron chi connectivity index (χ3n) is 6.16. The molecule has 5 atom stereocenters. The first-order valence-electron chi connectivity index (χ1n) is 10.4. The number of piperidine rings is 1. The Bertz CT molecular complexity index is 837. The Balaban J connectivity index is 1.55. The number of rotatable bonds is 6. The Kier molecular flexibility index (Phi) is 5.85. The van der Waals surface area contributed by atoms with Crippen LogP contribution in [-0.4, -0.2) is 23.8 Å². The number of benzene rings is 2. The third-order valence-corrected chi connectivity index (χ3v) is 6.16. The number of fused-ring (bicyclic) bond motifs is 1. The minimum atomic E-state index is -0.738. The fraction of sp³-hybridized carbons (Fsp3) is 0.435. The zero-order valence-corrected chi connectivity index (χ0v) is 16.9. The SMILES string of the molecule is CCOc1ccc(C2CC(C(=O)O)C3C(NNC3c3ccc(CC)cc3)N2)cc1. The average molecular weight is 396 g/mol. The van der Waals surface area contributed by atoms with Gasteiger partial charge in [0.15, 0.2) is 0 Å². The summed E-state index contributed by atoms with van der Waals surface area (Å²) in [6.07, 6.45) is 1.43. The minimum Gasteiger partial charge on any atom is -0.494 e. The Morgan fingerprint density at radius 2 is 1.72 bits per heavy atom. The van der Waals surface area contributed by atoms with Gasteiger partial charge in [0.25, 0.3) is 0 Å². The van der Waals surface area contributed by atoms with Crippen molar-refractivity contribution in [1.82, 2.24) is 16.2 Å². The van der Waals surface area contributed by atoms with Crippen LogP contribution in [0.2, 0.25) is 0 Å². The molecule has 4 rings (SSSR count). The molecule has 2 aromatic carbocycles. The maximum Gasteiger partial charge on any atom is 0.307 e. The molecule has 0 saturated carbocycles. The van der Waals surface area contributed by atoms with Gasteiger partial charge in [0.1, 0.15) is 5.75 Å². The maximum atomic E-state index is 12.2. The summed E-state index contributed by atoms with van der Waals surface area (Å²) in [5.74, 6) is -0.427. The molecule has 29 heavy (non-hydrogen) atoms. The highest BCUT2D eigenvalue weighted by Crippen LogP contribution is 2.42. The molecular formula is C23H29N3O3. The number of aliphatic carboxylic acids is 1. The van der Waals surface area contributed by atoms with Gasteiger partial charge in [-0.25, -0.2) is 10.9 Å². The number of hydrazine groups is 1. The van der Waals surface area contributed by atoms with E-state index in [1.54, 1.807) is 0 Å². The van der Waals surface area contributed by atoms with Crippen molar-refractivity contribution in [2.24, 2.45) is 11.8 Å². The predicted octanol–water partition coefficient (Wildman–Crippen LogP) is 3.17. The Hall–Kier alpha value is -2.41. The summed E-state index contributed by atoms with van der Waals surface area (Å²) in [4.78, 5) is 12.2. The lowest BCUT2D eigenvalue weighted by atomic mass is 9.75. The summed E-state index contributed by atoms with van der Waals surface area (Å²) in [6.45, 7) is 4.72. The topological polar surface area (TPSA) is 82.6 Å². The van der Waals surface area contributed by atoms with Crippen molar-refractivity contribution in [3.63, 3.8) is 0 Å². The number of carbonyl (C=O) groups is 1. The van der Waals surface area contributed by atoms with Gasteiger partial charge in [-0.2, -0.15) is 0 Å². The smallest absolute Gasteiger partial charge is 0.307 e. The lowest BCUT2D eigenvalue weighted by Crippen LogP contribution is -2.53. The quantitative estimate of drug-likeness (QED) is 0.601. The predicted molar refractivity (Wildman–Crippen MR) is 111 cm³/mol. The number of carboxylic acids is 1. The largest absolute Gasteiger partial charge is 0.494 e. The summed E-state index contributed by atoms with van der Waals surface area (Å²) in [7, 11) is 0. The maximum absolute atomic E-state index is 12.2. The molecule has 6 heteroatoms. The first-order valence-corrected chi connectivity index (χ1v) is 10.4. The highest BCUT2D eigenvalue weighted by molar-refractivity contribution is 5.71. The Morgan fingerprint density at radius 1 is 1.03 bits per heavy atom. The van der Waals surface area contributed by atoms with Crippen LogP contribution in [0.15, 0.2) is 48.5 Å². The van der Waals surface area contributed by atoms with Crippen molar-refractivity contribution in [2.45, 2.75) is 44.9 Å². The van der Waals surface area contributed by atoms with Gasteiger partial charge in [-0.05, 0) is 48.6 Å². The van der Waals surface area contributed by atoms with Crippen molar-refractivity contribution in [3.8, 4) is 5.75 Å². The van der Waals surface area contributed by atoms with Crippen LogP contribution in [0.25, 0.3) is 0 Å². The van der Waals surface area contributed by atoms with Crippen LogP contribution in [0.3, 0.4) is 0 Å². The third kappa shape index (κ3) is 4.01. The highest BCUT2D eigenvalue weighted by atomic mass is 16.5. The van der Waals surface area contributed by atoms with Crippen LogP contribution in [0.4, 0.5) is 0 Å². The van der Waals surface area contributed by atoms with Gasteiger partial charge in [0, 0.05) is 12.0 Å². The van der Waals surface area contributed by atoms with Gasteiger partial charge < -0.3 is 9.84 Å². The van der Waals surface area contributed by atoms with E-state index in [1.807, 2.05) is 31.2 Å². The molecule has 5 unspecified atom stereocenters. The first kappa shape index (κ1) is 19.9. The fourth-order valence-electron chi connectivity index (χ4n) is 4.60. The summed E-state index contributed by atoms with van der Waals surface area (Å²) >= 11 is 0. The molecule has 0 bridgehead atoms. The number of hydrogen-bond acceptors (Lipinski definition) is 5. The fourth-order valence-corrected chi connectivity index (χ4v) is 4.60. The van der Waals surface area contributed by atoms with Crippen molar-refractivity contribution in [1.29, 1.82) is 0 Å². The minimum absolute atomic E-state index is 0.0245. The van der Waals surface area contributed by atoms with E-state index in [0.29, 0.717) is 13.0 Å². The van der Waals surface area contributed by atoms with Crippen LogP contribution in [-0.2, 0) is 11.2 Å². The lowest BCUT2D eigenvalue weighted by Gasteiger charge is -2.39. The molecule has 0 spiro atoms. The Labute approximate surface area is 171 Å². The van der Waals surface area contributed by atoms with E-state index in [0.717, 1.165) is 23.3 Å². The normalized spacial score (nSPS) is 28.7. The Morgan fingerprint density at radius 3 is 2.34 bits per heavy atom. The zero-order chi connectivity index (χ0) is 20.4. The van der Waals surface area contributed by atoms with E-state index in [4.69, 9.17) is 4.74 Å². The number of ether oxygens (including phenoxy) is 1. The molecule has 4 N–H and O–H groups in total. The second-order valence-corrected chi connectivity index (χ2v) is 7.82. The molecule has 0 amide bonds. The summed E-state index contributed by atoms with van der Waals surface area (Å²) in [5.41, 5.74) is 10.1. The van der Waals surface area contributed by atoms with Crippen LogP contribution < -0.4 is 20.9 Å².